The second-order valence-corrected chi connectivity index (χ2v) is 11.7. The van der Waals surface area contributed by atoms with Crippen LogP contribution in [-0.4, -0.2) is 56.8 Å². The number of alkyl carbamates (subject to hydrolysis) is 1. The van der Waals surface area contributed by atoms with E-state index in [1.807, 2.05) is 42.5 Å². The van der Waals surface area contributed by atoms with Gasteiger partial charge in [-0.2, -0.15) is 0 Å². The van der Waals surface area contributed by atoms with Crippen LogP contribution in [0, 0.1) is 6.92 Å². The van der Waals surface area contributed by atoms with Crippen molar-refractivity contribution < 1.29 is 14.3 Å². The number of aryl methyl sites for hydroxylation is 1. The number of fused-ring (bicyclic) bond motifs is 4. The molecule has 4 aromatic rings. The van der Waals surface area contributed by atoms with E-state index < -0.39 is 11.7 Å². The van der Waals surface area contributed by atoms with Gasteiger partial charge in [-0.1, -0.05) is 35.0 Å². The molecule has 2 aliphatic rings. The highest BCUT2D eigenvalue weighted by Crippen LogP contribution is 2.40. The fourth-order valence-electron chi connectivity index (χ4n) is 5.33. The predicted octanol–water partition coefficient (Wildman–Crippen LogP) is 5.29. The average Bonchev–Trinajstić information content (AvgIpc) is 3.59. The molecule has 1 saturated heterocycles. The molecule has 2 aliphatic heterocycles. The molecular formula is C31H34N8O3. The number of rotatable bonds is 5. The minimum absolute atomic E-state index is 0.0382. The zero-order chi connectivity index (χ0) is 29.4. The fraction of sp³-hybridized carbons (Fsp3) is 0.323. The predicted molar refractivity (Wildman–Crippen MR) is 161 cm³/mol. The standard InChI is InChI=1S/C31H34N8O3/c1-20-7-5-8-21(15-20)26-11-12-27-28(34-26)39(25-13-14-37(27)19-25)29(40)33-22-9-6-10-24(16-22)38-18-23(35-36-38)17-32-30(41)42-31(2,3)4/h5-12,15-16,18,25H,13-14,17,19H2,1-4H3,(H,32,41)(H,33,40)/t25-/m0/s1. The summed E-state index contributed by atoms with van der Waals surface area (Å²) < 4.78 is 6.87. The Morgan fingerprint density at radius 3 is 2.71 bits per heavy atom. The summed E-state index contributed by atoms with van der Waals surface area (Å²) in [5.74, 6) is 0.676. The highest BCUT2D eigenvalue weighted by atomic mass is 16.6. The Hall–Kier alpha value is -4.93. The van der Waals surface area contributed by atoms with Crippen LogP contribution in [0.4, 0.5) is 26.8 Å². The molecule has 1 atom stereocenters. The number of aromatic nitrogens is 4. The van der Waals surface area contributed by atoms with Gasteiger partial charge in [0.25, 0.3) is 0 Å². The van der Waals surface area contributed by atoms with E-state index in [4.69, 9.17) is 9.72 Å². The van der Waals surface area contributed by atoms with Crippen LogP contribution in [-0.2, 0) is 11.3 Å². The first kappa shape index (κ1) is 27.3. The molecule has 6 rings (SSSR count). The highest BCUT2D eigenvalue weighted by molar-refractivity contribution is 6.05. The third-order valence-electron chi connectivity index (χ3n) is 7.20. The SMILES string of the molecule is Cc1cccc(-c2ccc3c(n2)N(C(=O)Nc2cccc(-n4cc(CNC(=O)OC(C)(C)C)nn4)c2)[C@H]2CCN3C2)c1. The monoisotopic (exact) mass is 566 g/mol. The molecule has 2 N–H and O–H groups in total. The summed E-state index contributed by atoms with van der Waals surface area (Å²) in [5.41, 5.74) is 5.31. The number of carbonyl (C=O) groups is 2. The molecule has 11 heteroatoms. The largest absolute Gasteiger partial charge is 0.444 e. The number of nitrogens with one attached hydrogen (secondary N) is 2. The Bertz CT molecular complexity index is 1640. The van der Waals surface area contributed by atoms with Crippen molar-refractivity contribution in [3.05, 3.63) is 78.1 Å². The Labute approximate surface area is 244 Å². The van der Waals surface area contributed by atoms with E-state index in [0.717, 1.165) is 47.7 Å². The van der Waals surface area contributed by atoms with Gasteiger partial charge in [0.2, 0.25) is 0 Å². The average molecular weight is 567 g/mol. The van der Waals surface area contributed by atoms with Crippen molar-refractivity contribution in [3.8, 4) is 16.9 Å². The van der Waals surface area contributed by atoms with Crippen molar-refractivity contribution in [2.75, 3.05) is 28.2 Å². The lowest BCUT2D eigenvalue weighted by Crippen LogP contribution is -2.48. The molecule has 11 nitrogen and oxygen atoms in total. The molecule has 3 amide bonds. The summed E-state index contributed by atoms with van der Waals surface area (Å²) >= 11 is 0. The van der Waals surface area contributed by atoms with Crippen molar-refractivity contribution in [2.24, 2.45) is 0 Å². The Morgan fingerprint density at radius 2 is 1.90 bits per heavy atom. The van der Waals surface area contributed by atoms with E-state index in [0.29, 0.717) is 17.2 Å². The van der Waals surface area contributed by atoms with Crippen LogP contribution in [0.5, 0.6) is 0 Å². The van der Waals surface area contributed by atoms with Gasteiger partial charge in [-0.05, 0) is 70.5 Å². The van der Waals surface area contributed by atoms with Gasteiger partial charge in [0, 0.05) is 24.3 Å². The maximum atomic E-state index is 13.8. The number of urea groups is 1. The number of carbonyl (C=O) groups excluding carboxylic acids is 2. The van der Waals surface area contributed by atoms with E-state index in [2.05, 4.69) is 51.0 Å². The van der Waals surface area contributed by atoms with E-state index >= 15 is 0 Å². The quantitative estimate of drug-likeness (QED) is 0.337. The van der Waals surface area contributed by atoms with Crippen molar-refractivity contribution in [1.82, 2.24) is 25.3 Å². The number of amides is 3. The van der Waals surface area contributed by atoms with Gasteiger partial charge < -0.3 is 20.3 Å². The van der Waals surface area contributed by atoms with Gasteiger partial charge in [0.05, 0.1) is 35.9 Å². The van der Waals surface area contributed by atoms with Gasteiger partial charge in [-0.25, -0.2) is 19.3 Å². The molecule has 0 radical (unpaired) electrons. The zero-order valence-corrected chi connectivity index (χ0v) is 24.2. The summed E-state index contributed by atoms with van der Waals surface area (Å²) in [6.07, 6.45) is 2.08. The highest BCUT2D eigenvalue weighted by Gasteiger charge is 2.40. The molecular weight excluding hydrogens is 532 g/mol. The maximum absolute atomic E-state index is 13.8. The zero-order valence-electron chi connectivity index (χ0n) is 24.2. The second-order valence-electron chi connectivity index (χ2n) is 11.7. The lowest BCUT2D eigenvalue weighted by Gasteiger charge is -2.36. The normalized spacial score (nSPS) is 15.8. The lowest BCUT2D eigenvalue weighted by atomic mass is 10.1. The summed E-state index contributed by atoms with van der Waals surface area (Å²) in [7, 11) is 0. The van der Waals surface area contributed by atoms with Gasteiger partial charge in [-0.3, -0.25) is 4.90 Å². The van der Waals surface area contributed by atoms with Crippen LogP contribution < -0.4 is 20.4 Å². The van der Waals surface area contributed by atoms with Crippen molar-refractivity contribution in [1.29, 1.82) is 0 Å². The second kappa shape index (κ2) is 10.8. The smallest absolute Gasteiger partial charge is 0.407 e. The summed E-state index contributed by atoms with van der Waals surface area (Å²) in [4.78, 5) is 34.9. The van der Waals surface area contributed by atoms with Gasteiger partial charge in [0.1, 0.15) is 11.3 Å². The lowest BCUT2D eigenvalue weighted by molar-refractivity contribution is 0.0523. The van der Waals surface area contributed by atoms with Gasteiger partial charge >= 0.3 is 12.1 Å². The van der Waals surface area contributed by atoms with Crippen molar-refractivity contribution in [2.45, 2.75) is 52.3 Å². The van der Waals surface area contributed by atoms with Gasteiger partial charge in [0.15, 0.2) is 5.82 Å². The van der Waals surface area contributed by atoms with E-state index in [1.165, 1.54) is 0 Å². The third kappa shape index (κ3) is 5.76. The van der Waals surface area contributed by atoms with Crippen LogP contribution in [0.3, 0.4) is 0 Å². The summed E-state index contributed by atoms with van der Waals surface area (Å²) in [6, 6.07) is 19.5. The Kier molecular flexibility index (Phi) is 7.01. The molecule has 2 bridgehead atoms. The number of hydrogen-bond acceptors (Lipinski definition) is 7. The minimum atomic E-state index is -0.584. The van der Waals surface area contributed by atoms with Crippen LogP contribution in [0.1, 0.15) is 38.4 Å². The number of nitrogens with zero attached hydrogens (tertiary/aromatic N) is 6. The Morgan fingerprint density at radius 1 is 1.07 bits per heavy atom. The first-order valence-corrected chi connectivity index (χ1v) is 14.0. The third-order valence-corrected chi connectivity index (χ3v) is 7.20. The Balaban J connectivity index is 1.19. The molecule has 2 aromatic carbocycles. The van der Waals surface area contributed by atoms with Crippen LogP contribution in [0.25, 0.3) is 16.9 Å². The molecule has 4 heterocycles. The van der Waals surface area contributed by atoms with Crippen LogP contribution in [0.15, 0.2) is 66.9 Å². The number of anilines is 3. The molecule has 0 aliphatic carbocycles. The molecule has 42 heavy (non-hydrogen) atoms. The van der Waals surface area contributed by atoms with Crippen molar-refractivity contribution >= 4 is 29.3 Å². The maximum Gasteiger partial charge on any atom is 0.407 e. The number of pyridine rings is 1. The van der Waals surface area contributed by atoms with E-state index in [9.17, 15) is 9.59 Å². The topological polar surface area (TPSA) is 118 Å². The molecule has 0 saturated carbocycles. The van der Waals surface area contributed by atoms with E-state index in [1.54, 1.807) is 36.5 Å². The molecule has 0 unspecified atom stereocenters. The molecule has 1 fully saturated rings. The number of hydrogen-bond donors (Lipinski definition) is 2. The van der Waals surface area contributed by atoms with Crippen molar-refractivity contribution in [3.63, 3.8) is 0 Å². The first-order chi connectivity index (χ1) is 20.1. The van der Waals surface area contributed by atoms with Gasteiger partial charge in [-0.15, -0.1) is 5.10 Å². The fourth-order valence-corrected chi connectivity index (χ4v) is 5.33. The molecule has 0 spiro atoms. The molecule has 216 valence electrons. The number of ether oxygens (including phenoxy) is 1. The molecule has 2 aromatic heterocycles. The number of benzene rings is 2. The van der Waals surface area contributed by atoms with E-state index in [-0.39, 0.29) is 18.6 Å². The first-order valence-electron chi connectivity index (χ1n) is 14.0. The van der Waals surface area contributed by atoms with Crippen LogP contribution in [0.2, 0.25) is 0 Å². The minimum Gasteiger partial charge on any atom is -0.444 e. The van der Waals surface area contributed by atoms with Crippen LogP contribution >= 0.6 is 0 Å². The summed E-state index contributed by atoms with van der Waals surface area (Å²) in [6.45, 7) is 9.32. The summed E-state index contributed by atoms with van der Waals surface area (Å²) in [5, 5.41) is 14.1.